The van der Waals surface area contributed by atoms with Gasteiger partial charge in [0.2, 0.25) is 0 Å². The third-order valence-electron chi connectivity index (χ3n) is 9.07. The molecule has 3 aliphatic heterocycles. The highest BCUT2D eigenvalue weighted by atomic mass is 35.5. The molecule has 4 aromatic carbocycles. The van der Waals surface area contributed by atoms with E-state index in [0.717, 1.165) is 45.8 Å². The Hall–Kier alpha value is -6.24. The number of rotatable bonds is 9. The van der Waals surface area contributed by atoms with Crippen molar-refractivity contribution in [1.82, 2.24) is 9.97 Å². The number of cyclic esters (lactones) is 3. The molecule has 5 heterocycles. The van der Waals surface area contributed by atoms with Gasteiger partial charge < -0.3 is 19.3 Å². The topological polar surface area (TPSA) is 169 Å². The van der Waals surface area contributed by atoms with Gasteiger partial charge >= 0.3 is 18.3 Å². The fourth-order valence-electron chi connectivity index (χ4n) is 5.91. The number of halogens is 3. The Labute approximate surface area is 372 Å². The number of aromatic nitrogens is 2. The second kappa shape index (κ2) is 22.0. The van der Waals surface area contributed by atoms with E-state index in [9.17, 15) is 33.5 Å². The zero-order valence-corrected chi connectivity index (χ0v) is 35.6. The Morgan fingerprint density at radius 2 is 1.05 bits per heavy atom. The quantitative estimate of drug-likeness (QED) is 0.108. The molecular weight excluding hydrogens is 885 g/mol. The molecule has 1 atom stereocenters. The zero-order valence-electron chi connectivity index (χ0n) is 32.5. The summed E-state index contributed by atoms with van der Waals surface area (Å²) in [5, 5.41) is 10.2. The lowest BCUT2D eigenvalue weighted by Gasteiger charge is -2.14. The second-order valence-electron chi connectivity index (χ2n) is 13.1. The summed E-state index contributed by atoms with van der Waals surface area (Å²) in [4.78, 5) is 68.9. The molecule has 6 aromatic rings. The predicted molar refractivity (Wildman–Crippen MR) is 234 cm³/mol. The lowest BCUT2D eigenvalue weighted by Crippen LogP contribution is -2.23. The van der Waals surface area contributed by atoms with Crippen molar-refractivity contribution in [2.45, 2.75) is 12.5 Å². The second-order valence-corrected chi connectivity index (χ2v) is 16.5. The van der Waals surface area contributed by atoms with E-state index in [1.807, 2.05) is 24.3 Å². The average Bonchev–Trinajstić information content (AvgIpc) is 4.17. The zero-order chi connectivity index (χ0) is 44.0. The maximum absolute atomic E-state index is 12.1. The van der Waals surface area contributed by atoms with Crippen molar-refractivity contribution < 1.29 is 47.7 Å². The summed E-state index contributed by atoms with van der Waals surface area (Å²) in [5.74, 6) is -0.319. The van der Waals surface area contributed by atoms with Gasteiger partial charge in [0.05, 0.1) is 24.5 Å². The average molecular weight is 921 g/mol. The normalized spacial score (nSPS) is 14.6. The molecular formula is C43H36Cl2FN5O9S2. The number of aldehydes is 2. The Kier molecular flexibility index (Phi) is 16.1. The summed E-state index contributed by atoms with van der Waals surface area (Å²) < 4.78 is 27.7. The molecule has 3 amide bonds. The maximum atomic E-state index is 12.1. The van der Waals surface area contributed by atoms with E-state index in [0.29, 0.717) is 70.7 Å². The van der Waals surface area contributed by atoms with Gasteiger partial charge in [-0.3, -0.25) is 24.3 Å². The van der Waals surface area contributed by atoms with Crippen molar-refractivity contribution in [2.75, 3.05) is 54.2 Å². The van der Waals surface area contributed by atoms with E-state index in [1.165, 1.54) is 51.8 Å². The number of thiazole rings is 2. The Balaban J connectivity index is 0.000000143. The minimum absolute atomic E-state index is 0.276. The fraction of sp³-hybridized carbons (Fsp3) is 0.186. The molecule has 62 heavy (non-hydrogen) atoms. The summed E-state index contributed by atoms with van der Waals surface area (Å²) in [6.07, 6.45) is 3.89. The number of anilines is 3. The van der Waals surface area contributed by atoms with Gasteiger partial charge in [-0.2, -0.15) is 0 Å². The first kappa shape index (κ1) is 45.3. The number of benzene rings is 4. The molecule has 3 saturated heterocycles. The fourth-order valence-corrected chi connectivity index (χ4v) is 7.89. The van der Waals surface area contributed by atoms with Gasteiger partial charge in [-0.25, -0.2) is 28.7 Å². The number of aliphatic hydroxyl groups excluding tert-OH is 1. The van der Waals surface area contributed by atoms with Gasteiger partial charge in [0.15, 0.2) is 8.93 Å². The molecule has 0 radical (unpaired) electrons. The SMILES string of the molecule is O=C1OCCN1c1ccc(C(O)c2cnc(Cl)s2)cc1.O=C1OCCN1c1ccc(Cc2cnc(Cl)s2)cc1.O=Cc1ccc(F)cc1.O=Cc1ccc(N2CCOC2=O)cc1. The van der Waals surface area contributed by atoms with E-state index in [1.54, 1.807) is 70.7 Å². The van der Waals surface area contributed by atoms with Crippen LogP contribution >= 0.6 is 45.9 Å². The first-order valence-electron chi connectivity index (χ1n) is 18.7. The van der Waals surface area contributed by atoms with Crippen LogP contribution in [0.15, 0.2) is 109 Å². The molecule has 0 spiro atoms. The third-order valence-corrected chi connectivity index (χ3v) is 11.3. The highest BCUT2D eigenvalue weighted by molar-refractivity contribution is 7.16. The molecule has 1 N–H and O–H groups in total. The maximum Gasteiger partial charge on any atom is 0.414 e. The van der Waals surface area contributed by atoms with Gasteiger partial charge in [-0.1, -0.05) is 47.5 Å². The summed E-state index contributed by atoms with van der Waals surface area (Å²) in [6.45, 7) is 3.02. The summed E-state index contributed by atoms with van der Waals surface area (Å²) in [7, 11) is 0. The van der Waals surface area contributed by atoms with Crippen molar-refractivity contribution in [1.29, 1.82) is 0 Å². The van der Waals surface area contributed by atoms with Crippen LogP contribution in [0.5, 0.6) is 0 Å². The van der Waals surface area contributed by atoms with Crippen LogP contribution in [-0.2, 0) is 20.6 Å². The van der Waals surface area contributed by atoms with Crippen molar-refractivity contribution in [3.63, 3.8) is 0 Å². The lowest BCUT2D eigenvalue weighted by atomic mass is 10.1. The molecule has 0 saturated carbocycles. The molecule has 9 rings (SSSR count). The monoisotopic (exact) mass is 919 g/mol. The molecule has 3 fully saturated rings. The van der Waals surface area contributed by atoms with Crippen molar-refractivity contribution in [3.8, 4) is 0 Å². The number of hydrogen-bond acceptors (Lipinski definition) is 13. The van der Waals surface area contributed by atoms with E-state index >= 15 is 0 Å². The van der Waals surface area contributed by atoms with E-state index in [-0.39, 0.29) is 24.1 Å². The van der Waals surface area contributed by atoms with E-state index in [2.05, 4.69) is 9.97 Å². The van der Waals surface area contributed by atoms with Gasteiger partial charge in [0.1, 0.15) is 44.3 Å². The first-order chi connectivity index (χ1) is 30.0. The Morgan fingerprint density at radius 3 is 1.44 bits per heavy atom. The molecule has 0 bridgehead atoms. The van der Waals surface area contributed by atoms with E-state index in [4.69, 9.17) is 37.4 Å². The van der Waals surface area contributed by atoms with Crippen LogP contribution in [0.3, 0.4) is 0 Å². The smallest absolute Gasteiger partial charge is 0.414 e. The number of hydrogen-bond donors (Lipinski definition) is 1. The largest absolute Gasteiger partial charge is 0.447 e. The number of amides is 3. The van der Waals surface area contributed by atoms with Crippen molar-refractivity contribution in [3.05, 3.63) is 156 Å². The van der Waals surface area contributed by atoms with Crippen molar-refractivity contribution in [2.24, 2.45) is 0 Å². The third kappa shape index (κ3) is 12.4. The molecule has 14 nitrogen and oxygen atoms in total. The molecule has 0 aliphatic carbocycles. The first-order valence-corrected chi connectivity index (χ1v) is 21.1. The summed E-state index contributed by atoms with van der Waals surface area (Å²) >= 11 is 14.3. The number of ether oxygens (including phenoxy) is 3. The summed E-state index contributed by atoms with van der Waals surface area (Å²) in [6, 6.07) is 27.2. The standard InChI is InChI=1S/C13H11ClN2O3S.C13H11ClN2O2S.C10H9NO3.C7H5FO/c14-12-15-7-10(20-12)11(17)8-1-3-9(4-2-8)16-5-6-19-13(16)18;14-12-15-8-11(19-12)7-9-1-3-10(4-2-9)16-5-6-18-13(16)17;12-7-8-1-3-9(4-2-8)11-5-6-14-10(11)13;8-7-3-1-6(5-9)2-4-7/h1-4,7,11,17H,5-6H2;1-4,8H,5-7H2;1-4,7H,5-6H2;1-5H. The number of nitrogens with zero attached hydrogens (tertiary/aromatic N) is 5. The van der Waals surface area contributed by atoms with E-state index < -0.39 is 6.10 Å². The number of aliphatic hydroxyl groups is 1. The van der Waals surface area contributed by atoms with Crippen LogP contribution in [0.25, 0.3) is 0 Å². The van der Waals surface area contributed by atoms with Gasteiger partial charge in [-0.05, 0) is 83.9 Å². The van der Waals surface area contributed by atoms with Gasteiger partial charge in [0, 0.05) is 51.9 Å². The van der Waals surface area contributed by atoms with Crippen LogP contribution in [-0.4, -0.2) is 85.4 Å². The van der Waals surface area contributed by atoms with Gasteiger partial charge in [0.25, 0.3) is 0 Å². The predicted octanol–water partition coefficient (Wildman–Crippen LogP) is 9.27. The van der Waals surface area contributed by atoms with Crippen molar-refractivity contribution >= 4 is 93.8 Å². The number of carbonyl (C=O) groups excluding carboxylic acids is 5. The minimum Gasteiger partial charge on any atom is -0.447 e. The molecule has 1 unspecified atom stereocenters. The van der Waals surface area contributed by atoms with Crippen LogP contribution in [0.4, 0.5) is 35.8 Å². The Bertz CT molecular complexity index is 2460. The lowest BCUT2D eigenvalue weighted by molar-refractivity contribution is 0.111. The molecule has 2 aromatic heterocycles. The highest BCUT2D eigenvalue weighted by Gasteiger charge is 2.25. The summed E-state index contributed by atoms with van der Waals surface area (Å²) in [5.41, 5.74) is 5.37. The molecule has 19 heteroatoms. The van der Waals surface area contributed by atoms with Crippen LogP contribution in [0, 0.1) is 5.82 Å². The molecule has 3 aliphatic rings. The highest BCUT2D eigenvalue weighted by Crippen LogP contribution is 2.31. The van der Waals surface area contributed by atoms with Gasteiger partial charge in [-0.15, -0.1) is 22.7 Å². The number of carbonyl (C=O) groups is 5. The minimum atomic E-state index is -0.764. The van der Waals surface area contributed by atoms with Crippen LogP contribution < -0.4 is 14.7 Å². The van der Waals surface area contributed by atoms with Crippen LogP contribution in [0.2, 0.25) is 8.93 Å². The van der Waals surface area contributed by atoms with Crippen LogP contribution in [0.1, 0.15) is 47.7 Å². The Morgan fingerprint density at radius 1 is 0.629 bits per heavy atom. The molecule has 320 valence electrons.